The van der Waals surface area contributed by atoms with Crippen LogP contribution in [0.4, 0.5) is 0 Å². The van der Waals surface area contributed by atoms with Gasteiger partial charge in [-0.3, -0.25) is 4.79 Å². The summed E-state index contributed by atoms with van der Waals surface area (Å²) in [4.78, 5) is 11.3. The van der Waals surface area contributed by atoms with Gasteiger partial charge in [0.15, 0.2) is 0 Å². The molecule has 1 unspecified atom stereocenters. The Balaban J connectivity index is 2.05. The largest absolute Gasteiger partial charge is 0.487 e. The highest BCUT2D eigenvalue weighted by Crippen LogP contribution is 2.38. The number of nitrogens with one attached hydrogen (secondary N) is 2. The van der Waals surface area contributed by atoms with Gasteiger partial charge in [0.1, 0.15) is 11.4 Å². The second-order valence-electron chi connectivity index (χ2n) is 5.53. The molecule has 0 radical (unpaired) electrons. The van der Waals surface area contributed by atoms with Gasteiger partial charge >= 0.3 is 0 Å². The third kappa shape index (κ3) is 3.47. The molecule has 0 aliphatic carbocycles. The maximum Gasteiger partial charge on any atom is 0.221 e. The Morgan fingerprint density at radius 3 is 2.89 bits per heavy atom. The summed E-state index contributed by atoms with van der Waals surface area (Å²) in [6, 6.07) is 8.34. The minimum absolute atomic E-state index is 0.0621. The van der Waals surface area contributed by atoms with Gasteiger partial charge < -0.3 is 15.4 Å². The lowest BCUT2D eigenvalue weighted by Crippen LogP contribution is -2.40. The predicted molar refractivity (Wildman–Crippen MR) is 75.2 cm³/mol. The summed E-state index contributed by atoms with van der Waals surface area (Å²) in [7, 11) is 1.66. The molecular formula is C15H22N2O2. The number of carbonyl (C=O) groups is 1. The first-order valence-corrected chi connectivity index (χ1v) is 6.74. The zero-order valence-electron chi connectivity index (χ0n) is 11.8. The lowest BCUT2D eigenvalue weighted by Gasteiger charge is -2.38. The van der Waals surface area contributed by atoms with E-state index in [9.17, 15) is 4.79 Å². The molecule has 1 amide bonds. The summed E-state index contributed by atoms with van der Waals surface area (Å²) in [6.45, 7) is 4.86. The molecule has 0 aromatic heterocycles. The van der Waals surface area contributed by atoms with Crippen LogP contribution in [0.3, 0.4) is 0 Å². The van der Waals surface area contributed by atoms with Crippen molar-refractivity contribution in [1.29, 1.82) is 0 Å². The van der Waals surface area contributed by atoms with E-state index in [0.717, 1.165) is 12.2 Å². The molecule has 1 aromatic carbocycles. The van der Waals surface area contributed by atoms with Crippen molar-refractivity contribution in [2.75, 3.05) is 13.6 Å². The number of rotatable bonds is 4. The normalized spacial score (nSPS) is 20.3. The Labute approximate surface area is 114 Å². The Morgan fingerprint density at radius 2 is 2.16 bits per heavy atom. The van der Waals surface area contributed by atoms with Gasteiger partial charge in [0.05, 0.1) is 0 Å². The Bertz CT molecular complexity index is 457. The van der Waals surface area contributed by atoms with E-state index in [2.05, 4.69) is 30.5 Å². The molecule has 1 aliphatic heterocycles. The molecule has 4 heteroatoms. The number of hydrogen-bond donors (Lipinski definition) is 2. The van der Waals surface area contributed by atoms with Crippen LogP contribution >= 0.6 is 0 Å². The zero-order chi connectivity index (χ0) is 13.9. The van der Waals surface area contributed by atoms with Crippen molar-refractivity contribution in [1.82, 2.24) is 10.6 Å². The zero-order valence-corrected chi connectivity index (χ0v) is 11.8. The van der Waals surface area contributed by atoms with Crippen molar-refractivity contribution in [2.45, 2.75) is 38.3 Å². The lowest BCUT2D eigenvalue weighted by molar-refractivity contribution is -0.120. The van der Waals surface area contributed by atoms with Crippen molar-refractivity contribution >= 4 is 5.91 Å². The average Bonchev–Trinajstić information content (AvgIpc) is 2.37. The number of ether oxygens (including phenoxy) is 1. The molecule has 1 aliphatic rings. The van der Waals surface area contributed by atoms with Crippen LogP contribution in [0.25, 0.3) is 0 Å². The molecule has 0 spiro atoms. The minimum atomic E-state index is -0.182. The third-order valence-corrected chi connectivity index (χ3v) is 3.40. The van der Waals surface area contributed by atoms with E-state index >= 15 is 0 Å². The van der Waals surface area contributed by atoms with Crippen molar-refractivity contribution in [3.63, 3.8) is 0 Å². The molecule has 1 aromatic rings. The fourth-order valence-electron chi connectivity index (χ4n) is 2.47. The Morgan fingerprint density at radius 1 is 1.42 bits per heavy atom. The SMILES string of the molecule is CNC(=O)CCNC1CC(C)(C)Oc2ccccc21. The van der Waals surface area contributed by atoms with Crippen LogP contribution in [0.1, 0.15) is 38.3 Å². The fourth-order valence-corrected chi connectivity index (χ4v) is 2.47. The average molecular weight is 262 g/mol. The van der Waals surface area contributed by atoms with E-state index < -0.39 is 0 Å². The monoisotopic (exact) mass is 262 g/mol. The summed E-state index contributed by atoms with van der Waals surface area (Å²) < 4.78 is 5.98. The summed E-state index contributed by atoms with van der Waals surface area (Å²) in [5.41, 5.74) is 0.998. The first kappa shape index (κ1) is 13.9. The van der Waals surface area contributed by atoms with Crippen LogP contribution in [0.2, 0.25) is 0 Å². The van der Waals surface area contributed by atoms with Gasteiger partial charge in [0.2, 0.25) is 5.91 Å². The molecule has 0 saturated carbocycles. The Kier molecular flexibility index (Phi) is 4.10. The molecule has 0 saturated heterocycles. The summed E-state index contributed by atoms with van der Waals surface area (Å²) in [6.07, 6.45) is 1.40. The van der Waals surface area contributed by atoms with Crippen LogP contribution in [-0.4, -0.2) is 25.1 Å². The number of para-hydroxylation sites is 1. The molecule has 2 rings (SSSR count). The highest BCUT2D eigenvalue weighted by Gasteiger charge is 2.33. The van der Waals surface area contributed by atoms with Crippen molar-refractivity contribution in [2.24, 2.45) is 0 Å². The number of benzene rings is 1. The molecule has 19 heavy (non-hydrogen) atoms. The van der Waals surface area contributed by atoms with Gasteiger partial charge in [-0.15, -0.1) is 0 Å². The van der Waals surface area contributed by atoms with Crippen molar-refractivity contribution in [3.05, 3.63) is 29.8 Å². The van der Waals surface area contributed by atoms with Crippen LogP contribution in [0, 0.1) is 0 Å². The smallest absolute Gasteiger partial charge is 0.221 e. The van der Waals surface area contributed by atoms with Crippen molar-refractivity contribution < 1.29 is 9.53 Å². The number of amides is 1. The van der Waals surface area contributed by atoms with Gasteiger partial charge in [-0.1, -0.05) is 18.2 Å². The number of hydrogen-bond acceptors (Lipinski definition) is 3. The molecule has 1 atom stereocenters. The molecule has 4 nitrogen and oxygen atoms in total. The van der Waals surface area contributed by atoms with Gasteiger partial charge in [-0.25, -0.2) is 0 Å². The first-order valence-electron chi connectivity index (χ1n) is 6.74. The highest BCUT2D eigenvalue weighted by atomic mass is 16.5. The molecule has 0 bridgehead atoms. The highest BCUT2D eigenvalue weighted by molar-refractivity contribution is 5.75. The molecule has 104 valence electrons. The predicted octanol–water partition coefficient (Wildman–Crippen LogP) is 2.01. The molecule has 0 fully saturated rings. The topological polar surface area (TPSA) is 50.4 Å². The van der Waals surface area contributed by atoms with E-state index in [1.807, 2.05) is 18.2 Å². The second-order valence-corrected chi connectivity index (χ2v) is 5.53. The van der Waals surface area contributed by atoms with Crippen LogP contribution in [0.5, 0.6) is 5.75 Å². The summed E-state index contributed by atoms with van der Waals surface area (Å²) in [5.74, 6) is 1.00. The number of carbonyl (C=O) groups excluding carboxylic acids is 1. The molecule has 2 N–H and O–H groups in total. The van der Waals surface area contributed by atoms with E-state index in [-0.39, 0.29) is 17.6 Å². The third-order valence-electron chi connectivity index (χ3n) is 3.40. The standard InChI is InChI=1S/C15H22N2O2/c1-15(2)10-12(17-9-8-14(18)16-3)11-6-4-5-7-13(11)19-15/h4-7,12,17H,8-10H2,1-3H3,(H,16,18). The van der Waals surface area contributed by atoms with E-state index in [1.165, 1.54) is 5.56 Å². The van der Waals surface area contributed by atoms with Crippen LogP contribution in [0.15, 0.2) is 24.3 Å². The van der Waals surface area contributed by atoms with Gasteiger partial charge in [0, 0.05) is 38.0 Å². The van der Waals surface area contributed by atoms with Crippen LogP contribution in [-0.2, 0) is 4.79 Å². The van der Waals surface area contributed by atoms with Gasteiger partial charge in [-0.2, -0.15) is 0 Å². The van der Waals surface area contributed by atoms with Gasteiger partial charge in [0.25, 0.3) is 0 Å². The minimum Gasteiger partial charge on any atom is -0.487 e. The lowest BCUT2D eigenvalue weighted by atomic mass is 9.89. The first-order chi connectivity index (χ1) is 9.02. The fraction of sp³-hybridized carbons (Fsp3) is 0.533. The maximum atomic E-state index is 11.3. The van der Waals surface area contributed by atoms with E-state index in [0.29, 0.717) is 13.0 Å². The van der Waals surface area contributed by atoms with Gasteiger partial charge in [-0.05, 0) is 19.9 Å². The van der Waals surface area contributed by atoms with Crippen molar-refractivity contribution in [3.8, 4) is 5.75 Å². The summed E-state index contributed by atoms with van der Waals surface area (Å²) >= 11 is 0. The maximum absolute atomic E-state index is 11.3. The number of fused-ring (bicyclic) bond motifs is 1. The van der Waals surface area contributed by atoms with E-state index in [1.54, 1.807) is 7.05 Å². The quantitative estimate of drug-likeness (QED) is 0.872. The second kappa shape index (κ2) is 5.61. The Hall–Kier alpha value is -1.55. The van der Waals surface area contributed by atoms with Crippen LogP contribution < -0.4 is 15.4 Å². The molecular weight excluding hydrogens is 240 g/mol. The summed E-state index contributed by atoms with van der Waals surface area (Å²) in [5, 5.41) is 6.09. The molecule has 1 heterocycles. The van der Waals surface area contributed by atoms with E-state index in [4.69, 9.17) is 4.74 Å².